The SMILES string of the molecule is CC(c1cc(Cl)cc(Cl)c1)N1CCC(COc2cc(F)c(C(=O)NS(=O)C3CC3)cc2C2CC2)CC1. The molecule has 1 saturated heterocycles. The highest BCUT2D eigenvalue weighted by atomic mass is 35.5. The van der Waals surface area contributed by atoms with Crippen molar-refractivity contribution >= 4 is 40.1 Å². The van der Waals surface area contributed by atoms with Gasteiger partial charge < -0.3 is 4.74 Å². The van der Waals surface area contributed by atoms with E-state index in [1.165, 1.54) is 6.07 Å². The van der Waals surface area contributed by atoms with Crippen LogP contribution in [-0.4, -0.2) is 40.0 Å². The molecule has 2 unspecified atom stereocenters. The van der Waals surface area contributed by atoms with Gasteiger partial charge in [-0.1, -0.05) is 23.2 Å². The number of benzene rings is 2. The van der Waals surface area contributed by atoms with Crippen LogP contribution in [0.5, 0.6) is 5.75 Å². The minimum absolute atomic E-state index is 0.000204. The number of amides is 1. The first-order valence-electron chi connectivity index (χ1n) is 12.7. The number of hydrogen-bond donors (Lipinski definition) is 1. The number of nitrogens with zero attached hydrogens (tertiary/aromatic N) is 1. The molecule has 2 aromatic carbocycles. The number of halogens is 3. The molecule has 5 nitrogen and oxygen atoms in total. The third-order valence-corrected chi connectivity index (χ3v) is 9.32. The highest BCUT2D eigenvalue weighted by molar-refractivity contribution is 7.84. The van der Waals surface area contributed by atoms with Gasteiger partial charge in [0, 0.05) is 22.2 Å². The molecule has 2 aromatic rings. The van der Waals surface area contributed by atoms with Gasteiger partial charge in [0.25, 0.3) is 5.91 Å². The highest BCUT2D eigenvalue weighted by Crippen LogP contribution is 2.45. The van der Waals surface area contributed by atoms with Crippen molar-refractivity contribution in [2.75, 3.05) is 19.7 Å². The molecule has 0 bridgehead atoms. The number of likely N-dealkylation sites (tertiary alicyclic amines) is 1. The summed E-state index contributed by atoms with van der Waals surface area (Å²) in [6.07, 6.45) is 5.63. The lowest BCUT2D eigenvalue weighted by Gasteiger charge is -2.36. The summed E-state index contributed by atoms with van der Waals surface area (Å²) in [7, 11) is -1.45. The van der Waals surface area contributed by atoms with Crippen molar-refractivity contribution in [1.82, 2.24) is 9.62 Å². The maximum Gasteiger partial charge on any atom is 0.265 e. The first-order chi connectivity index (χ1) is 17.3. The standard InChI is InChI=1S/C27H31Cl2FN2O3S/c1-16(19-10-20(28)12-21(29)11-19)32-8-6-17(7-9-32)15-35-26-14-25(30)24(13-23(26)18-2-3-18)27(33)31-36(34)22-4-5-22/h10-14,16-18,22H,2-9,15H2,1H3,(H,31,33). The minimum Gasteiger partial charge on any atom is -0.493 e. The monoisotopic (exact) mass is 552 g/mol. The van der Waals surface area contributed by atoms with Crippen LogP contribution < -0.4 is 9.46 Å². The first-order valence-corrected chi connectivity index (χ1v) is 14.6. The molecule has 0 aromatic heterocycles. The normalized spacial score (nSPS) is 20.7. The Kier molecular flexibility index (Phi) is 7.92. The molecule has 2 aliphatic carbocycles. The summed E-state index contributed by atoms with van der Waals surface area (Å²) in [4.78, 5) is 15.0. The molecule has 1 heterocycles. The number of piperidine rings is 1. The Morgan fingerprint density at radius 3 is 2.36 bits per heavy atom. The average molecular weight is 554 g/mol. The van der Waals surface area contributed by atoms with E-state index in [1.54, 1.807) is 12.1 Å². The Balaban J connectivity index is 1.19. The van der Waals surface area contributed by atoms with Gasteiger partial charge >= 0.3 is 0 Å². The van der Waals surface area contributed by atoms with E-state index >= 15 is 0 Å². The predicted octanol–water partition coefficient (Wildman–Crippen LogP) is 6.42. The molecule has 1 aliphatic heterocycles. The van der Waals surface area contributed by atoms with E-state index in [2.05, 4.69) is 16.5 Å². The maximum atomic E-state index is 14.9. The van der Waals surface area contributed by atoms with Crippen molar-refractivity contribution in [2.24, 2.45) is 5.92 Å². The highest BCUT2D eigenvalue weighted by Gasteiger charge is 2.33. The Morgan fingerprint density at radius 2 is 1.75 bits per heavy atom. The zero-order valence-corrected chi connectivity index (χ0v) is 22.6. The van der Waals surface area contributed by atoms with E-state index < -0.39 is 22.7 Å². The number of carbonyl (C=O) groups excluding carboxylic acids is 1. The lowest BCUT2D eigenvalue weighted by atomic mass is 9.95. The lowest BCUT2D eigenvalue weighted by molar-refractivity contribution is 0.0978. The number of nitrogens with one attached hydrogen (secondary N) is 1. The Morgan fingerprint density at radius 1 is 1.08 bits per heavy atom. The zero-order valence-electron chi connectivity index (χ0n) is 20.3. The second kappa shape index (κ2) is 11.0. The topological polar surface area (TPSA) is 58.6 Å². The van der Waals surface area contributed by atoms with E-state index in [0.717, 1.165) is 62.7 Å². The van der Waals surface area contributed by atoms with Crippen LogP contribution in [0.2, 0.25) is 10.0 Å². The molecule has 5 rings (SSSR count). The minimum atomic E-state index is -1.45. The fourth-order valence-corrected chi connectivity index (χ4v) is 6.40. The van der Waals surface area contributed by atoms with Crippen molar-refractivity contribution in [1.29, 1.82) is 0 Å². The molecular formula is C27H31Cl2FN2O3S. The summed E-state index contributed by atoms with van der Waals surface area (Å²) in [6, 6.07) is 8.83. The fourth-order valence-electron chi connectivity index (χ4n) is 4.84. The van der Waals surface area contributed by atoms with Gasteiger partial charge in [-0.25, -0.2) is 8.60 Å². The van der Waals surface area contributed by atoms with Crippen LogP contribution in [0.3, 0.4) is 0 Å². The van der Waals surface area contributed by atoms with Gasteiger partial charge in [-0.05, 0) is 106 Å². The van der Waals surface area contributed by atoms with Crippen molar-refractivity contribution in [2.45, 2.75) is 62.7 Å². The Bertz CT molecular complexity index is 1140. The molecule has 3 fully saturated rings. The average Bonchev–Trinajstić information content (AvgIpc) is 3.75. The molecule has 36 heavy (non-hydrogen) atoms. The van der Waals surface area contributed by atoms with E-state index in [9.17, 15) is 13.4 Å². The van der Waals surface area contributed by atoms with Crippen LogP contribution in [0.25, 0.3) is 0 Å². The van der Waals surface area contributed by atoms with Gasteiger partial charge in [0.05, 0.1) is 17.4 Å². The summed E-state index contributed by atoms with van der Waals surface area (Å²) >= 11 is 12.4. The molecule has 0 spiro atoms. The summed E-state index contributed by atoms with van der Waals surface area (Å²) in [5, 5.41) is 1.29. The molecule has 2 atom stereocenters. The second-order valence-electron chi connectivity index (χ2n) is 10.2. The van der Waals surface area contributed by atoms with E-state index in [1.807, 2.05) is 12.1 Å². The predicted molar refractivity (Wildman–Crippen MR) is 142 cm³/mol. The summed E-state index contributed by atoms with van der Waals surface area (Å²) in [5.41, 5.74) is 1.93. The Labute approximate surface area is 224 Å². The number of ether oxygens (including phenoxy) is 1. The van der Waals surface area contributed by atoms with Crippen molar-refractivity contribution in [3.63, 3.8) is 0 Å². The molecule has 1 amide bonds. The number of rotatable bonds is 9. The van der Waals surface area contributed by atoms with E-state index in [0.29, 0.717) is 28.3 Å². The smallest absolute Gasteiger partial charge is 0.265 e. The van der Waals surface area contributed by atoms with Crippen molar-refractivity contribution in [3.05, 3.63) is 62.9 Å². The van der Waals surface area contributed by atoms with Crippen LogP contribution in [0, 0.1) is 11.7 Å². The molecule has 194 valence electrons. The van der Waals surface area contributed by atoms with Crippen LogP contribution >= 0.6 is 23.2 Å². The Hall–Kier alpha value is -1.67. The molecule has 3 aliphatic rings. The summed E-state index contributed by atoms with van der Waals surface area (Å²) < 4.78 is 35.6. The van der Waals surface area contributed by atoms with Crippen molar-refractivity contribution in [3.8, 4) is 5.75 Å². The van der Waals surface area contributed by atoms with Gasteiger partial charge in [-0.3, -0.25) is 14.4 Å². The zero-order chi connectivity index (χ0) is 25.4. The molecular weight excluding hydrogens is 522 g/mol. The first kappa shape index (κ1) is 26.0. The summed E-state index contributed by atoms with van der Waals surface area (Å²) in [6.45, 7) is 4.55. The number of hydrogen-bond acceptors (Lipinski definition) is 4. The molecule has 1 N–H and O–H groups in total. The fraction of sp³-hybridized carbons (Fsp3) is 0.519. The van der Waals surface area contributed by atoms with E-state index in [4.69, 9.17) is 27.9 Å². The van der Waals surface area contributed by atoms with Gasteiger partial charge in [-0.15, -0.1) is 0 Å². The number of carbonyl (C=O) groups is 1. The molecule has 0 radical (unpaired) electrons. The molecule has 9 heteroatoms. The van der Waals surface area contributed by atoms with Crippen LogP contribution in [0.4, 0.5) is 4.39 Å². The van der Waals surface area contributed by atoms with Gasteiger partial charge in [0.1, 0.15) is 22.6 Å². The summed E-state index contributed by atoms with van der Waals surface area (Å²) in [5.74, 6) is -0.0693. The van der Waals surface area contributed by atoms with Gasteiger partial charge in [0.2, 0.25) is 0 Å². The third-order valence-electron chi connectivity index (χ3n) is 7.42. The maximum absolute atomic E-state index is 14.9. The van der Waals surface area contributed by atoms with Gasteiger partial charge in [0.15, 0.2) is 0 Å². The van der Waals surface area contributed by atoms with Crippen LogP contribution in [0.1, 0.15) is 78.9 Å². The van der Waals surface area contributed by atoms with Crippen LogP contribution in [0.15, 0.2) is 30.3 Å². The lowest BCUT2D eigenvalue weighted by Crippen LogP contribution is -2.37. The molecule has 2 saturated carbocycles. The van der Waals surface area contributed by atoms with E-state index in [-0.39, 0.29) is 22.8 Å². The quantitative estimate of drug-likeness (QED) is 0.390. The largest absolute Gasteiger partial charge is 0.493 e. The van der Waals surface area contributed by atoms with Crippen molar-refractivity contribution < 1.29 is 18.1 Å². The van der Waals surface area contributed by atoms with Crippen LogP contribution in [-0.2, 0) is 11.0 Å². The van der Waals surface area contributed by atoms with Gasteiger partial charge in [-0.2, -0.15) is 0 Å². The third kappa shape index (κ3) is 6.24. The second-order valence-corrected chi connectivity index (χ2v) is 12.6.